The second kappa shape index (κ2) is 8.29. The number of anilines is 1. The Bertz CT molecular complexity index is 1090. The molecule has 0 aliphatic heterocycles. The van der Waals surface area contributed by atoms with Crippen molar-refractivity contribution < 1.29 is 22.7 Å². The fraction of sp³-hybridized carbons (Fsp3) is 0.235. The molecule has 0 aliphatic carbocycles. The van der Waals surface area contributed by atoms with E-state index < -0.39 is 17.6 Å². The lowest BCUT2D eigenvalue weighted by molar-refractivity contribution is -0.137. The van der Waals surface area contributed by atoms with Crippen LogP contribution in [0.5, 0.6) is 5.75 Å². The van der Waals surface area contributed by atoms with Crippen molar-refractivity contribution in [3.63, 3.8) is 0 Å². The quantitative estimate of drug-likeness (QED) is 0.531. The van der Waals surface area contributed by atoms with Crippen LogP contribution in [0.4, 0.5) is 18.9 Å². The lowest BCUT2D eigenvalue weighted by Crippen LogP contribution is -2.15. The second-order valence-electron chi connectivity index (χ2n) is 5.89. The van der Waals surface area contributed by atoms with Crippen LogP contribution in [-0.4, -0.2) is 33.4 Å². The molecule has 3 aromatic rings. The molecule has 0 saturated carbocycles. The van der Waals surface area contributed by atoms with Crippen LogP contribution < -0.4 is 10.1 Å². The highest BCUT2D eigenvalue weighted by molar-refractivity contribution is 7.99. The zero-order chi connectivity index (χ0) is 21.3. The van der Waals surface area contributed by atoms with Crippen LogP contribution in [0, 0.1) is 6.92 Å². The summed E-state index contributed by atoms with van der Waals surface area (Å²) in [6.45, 7) is 1.77. The molecule has 1 amide bonds. The van der Waals surface area contributed by atoms with E-state index in [0.29, 0.717) is 16.5 Å². The number of pyridine rings is 1. The van der Waals surface area contributed by atoms with Crippen LogP contribution in [0.25, 0.3) is 5.65 Å². The molecular formula is C17H13Cl2F3N4O2S. The van der Waals surface area contributed by atoms with Gasteiger partial charge in [0.2, 0.25) is 5.91 Å². The van der Waals surface area contributed by atoms with E-state index in [1.807, 2.05) is 0 Å². The molecular weight excluding hydrogens is 452 g/mol. The number of ether oxygens (including phenoxy) is 1. The monoisotopic (exact) mass is 464 g/mol. The third-order valence-corrected chi connectivity index (χ3v) is 5.47. The first-order valence-electron chi connectivity index (χ1n) is 7.98. The molecule has 0 bridgehead atoms. The minimum atomic E-state index is -4.58. The average molecular weight is 465 g/mol. The first-order valence-corrected chi connectivity index (χ1v) is 9.72. The van der Waals surface area contributed by atoms with Gasteiger partial charge < -0.3 is 10.1 Å². The number of alkyl halides is 3. The number of carbonyl (C=O) groups excluding carboxylic acids is 1. The summed E-state index contributed by atoms with van der Waals surface area (Å²) in [6.07, 6.45) is -3.74. The molecule has 2 heterocycles. The van der Waals surface area contributed by atoms with Crippen LogP contribution in [0.15, 0.2) is 29.6 Å². The molecule has 0 radical (unpaired) electrons. The van der Waals surface area contributed by atoms with Crippen LogP contribution in [-0.2, 0) is 11.0 Å². The number of nitrogens with one attached hydrogen (secondary N) is 1. The Balaban J connectivity index is 1.78. The maximum Gasteiger partial charge on any atom is 0.417 e. The Morgan fingerprint density at radius 1 is 1.24 bits per heavy atom. The van der Waals surface area contributed by atoms with E-state index >= 15 is 0 Å². The number of carbonyl (C=O) groups is 1. The molecule has 29 heavy (non-hydrogen) atoms. The Morgan fingerprint density at radius 2 is 1.97 bits per heavy atom. The van der Waals surface area contributed by atoms with Crippen molar-refractivity contribution in [1.82, 2.24) is 14.6 Å². The third-order valence-electron chi connectivity index (χ3n) is 3.84. The number of aromatic nitrogens is 3. The summed E-state index contributed by atoms with van der Waals surface area (Å²) in [7, 11) is 1.44. The van der Waals surface area contributed by atoms with Gasteiger partial charge in [-0.2, -0.15) is 13.2 Å². The number of nitrogens with zero attached hydrogens (tertiary/aromatic N) is 3. The third kappa shape index (κ3) is 4.71. The summed E-state index contributed by atoms with van der Waals surface area (Å²) < 4.78 is 45.4. The van der Waals surface area contributed by atoms with Crippen molar-refractivity contribution in [2.75, 3.05) is 18.2 Å². The van der Waals surface area contributed by atoms with Gasteiger partial charge in [0.1, 0.15) is 5.75 Å². The maximum absolute atomic E-state index is 13.0. The molecule has 0 fully saturated rings. The molecule has 12 heteroatoms. The molecule has 0 aliphatic rings. The smallest absolute Gasteiger partial charge is 0.417 e. The zero-order valence-corrected chi connectivity index (χ0v) is 17.3. The van der Waals surface area contributed by atoms with Gasteiger partial charge in [-0.05, 0) is 24.6 Å². The lowest BCUT2D eigenvalue weighted by Gasteiger charge is -2.12. The molecule has 6 nitrogen and oxygen atoms in total. The average Bonchev–Trinajstić information content (AvgIpc) is 3.06. The topological polar surface area (TPSA) is 68.5 Å². The van der Waals surface area contributed by atoms with Gasteiger partial charge in [-0.25, -0.2) is 0 Å². The number of thioether (sulfide) groups is 1. The van der Waals surface area contributed by atoms with Crippen molar-refractivity contribution in [2.45, 2.75) is 18.3 Å². The summed E-state index contributed by atoms with van der Waals surface area (Å²) >= 11 is 12.8. The van der Waals surface area contributed by atoms with Gasteiger partial charge in [0.05, 0.1) is 29.1 Å². The minimum absolute atomic E-state index is 0.0672. The van der Waals surface area contributed by atoms with Crippen LogP contribution in [0.2, 0.25) is 10.0 Å². The van der Waals surface area contributed by atoms with E-state index in [0.717, 1.165) is 34.0 Å². The molecule has 0 saturated heterocycles. The van der Waals surface area contributed by atoms with Crippen molar-refractivity contribution in [3.05, 3.63) is 45.6 Å². The number of fused-ring (bicyclic) bond motifs is 1. The fourth-order valence-corrected chi connectivity index (χ4v) is 3.54. The predicted molar refractivity (Wildman–Crippen MR) is 105 cm³/mol. The number of amides is 1. The van der Waals surface area contributed by atoms with Crippen LogP contribution in [0.1, 0.15) is 11.1 Å². The second-order valence-corrected chi connectivity index (χ2v) is 7.65. The minimum Gasteiger partial charge on any atom is -0.495 e. The van der Waals surface area contributed by atoms with Crippen molar-refractivity contribution in [1.29, 1.82) is 0 Å². The van der Waals surface area contributed by atoms with Gasteiger partial charge in [-0.15, -0.1) is 10.2 Å². The Kier molecular flexibility index (Phi) is 6.16. The normalized spacial score (nSPS) is 11.7. The van der Waals surface area contributed by atoms with E-state index in [4.69, 9.17) is 27.9 Å². The summed E-state index contributed by atoms with van der Waals surface area (Å²) in [5, 5.41) is 10.7. The zero-order valence-electron chi connectivity index (χ0n) is 15.0. The van der Waals surface area contributed by atoms with Gasteiger partial charge in [-0.1, -0.05) is 35.0 Å². The number of methoxy groups -OCH3 is 1. The van der Waals surface area contributed by atoms with Crippen molar-refractivity contribution in [3.8, 4) is 5.75 Å². The van der Waals surface area contributed by atoms with Crippen molar-refractivity contribution >= 4 is 52.2 Å². The molecule has 0 unspecified atom stereocenters. The molecule has 0 spiro atoms. The van der Waals surface area contributed by atoms with Crippen molar-refractivity contribution in [2.24, 2.45) is 0 Å². The van der Waals surface area contributed by atoms with E-state index in [9.17, 15) is 18.0 Å². The molecule has 1 aromatic carbocycles. The van der Waals surface area contributed by atoms with Gasteiger partial charge in [0.25, 0.3) is 0 Å². The van der Waals surface area contributed by atoms with Gasteiger partial charge in [0.15, 0.2) is 10.8 Å². The van der Waals surface area contributed by atoms with E-state index in [1.165, 1.54) is 7.11 Å². The molecule has 1 N–H and O–H groups in total. The number of benzene rings is 1. The number of hydrogen-bond donors (Lipinski definition) is 1. The summed E-state index contributed by atoms with van der Waals surface area (Å²) in [4.78, 5) is 12.3. The van der Waals surface area contributed by atoms with E-state index in [1.54, 1.807) is 19.1 Å². The highest BCUT2D eigenvalue weighted by Gasteiger charge is 2.32. The standard InChI is InChI=1S/C17H13Cl2F3N4O2S/c1-8-3-12(13(28-2)5-10(8)18)23-14(27)7-29-16-25-24-15-11(19)4-9(6-26(15)16)17(20,21)22/h3-6H,7H2,1-2H3,(H,23,27). The largest absolute Gasteiger partial charge is 0.495 e. The first-order chi connectivity index (χ1) is 13.6. The molecule has 0 atom stereocenters. The fourth-order valence-electron chi connectivity index (χ4n) is 2.43. The van der Waals surface area contributed by atoms with Gasteiger partial charge in [0, 0.05) is 17.3 Å². The maximum atomic E-state index is 13.0. The number of halogens is 5. The molecule has 2 aromatic heterocycles. The lowest BCUT2D eigenvalue weighted by atomic mass is 10.2. The Hall–Kier alpha value is -2.17. The summed E-state index contributed by atoms with van der Waals surface area (Å²) in [6, 6.07) is 4.01. The first kappa shape index (κ1) is 21.5. The Labute approximate surface area is 177 Å². The predicted octanol–water partition coefficient (Wildman–Crippen LogP) is 5.10. The highest BCUT2D eigenvalue weighted by atomic mass is 35.5. The van der Waals surface area contributed by atoms with E-state index in [-0.39, 0.29) is 21.6 Å². The molecule has 3 rings (SSSR count). The SMILES string of the molecule is COc1cc(Cl)c(C)cc1NC(=O)CSc1nnc2c(Cl)cc(C(F)(F)F)cn12. The number of aryl methyl sites for hydroxylation is 1. The summed E-state index contributed by atoms with van der Waals surface area (Å²) in [5.74, 6) is -0.155. The van der Waals surface area contributed by atoms with Crippen LogP contribution in [0.3, 0.4) is 0 Å². The van der Waals surface area contributed by atoms with E-state index in [2.05, 4.69) is 15.5 Å². The van der Waals surface area contributed by atoms with Gasteiger partial charge in [-0.3, -0.25) is 9.20 Å². The highest BCUT2D eigenvalue weighted by Crippen LogP contribution is 2.34. The number of hydrogen-bond acceptors (Lipinski definition) is 5. The molecule has 154 valence electrons. The Morgan fingerprint density at radius 3 is 2.62 bits per heavy atom. The van der Waals surface area contributed by atoms with Gasteiger partial charge >= 0.3 is 6.18 Å². The number of rotatable bonds is 5. The van der Waals surface area contributed by atoms with Crippen LogP contribution >= 0.6 is 35.0 Å². The summed E-state index contributed by atoms with van der Waals surface area (Å²) in [5.41, 5.74) is 0.293.